The molecule has 19 heavy (non-hydrogen) atoms. The van der Waals surface area contributed by atoms with Crippen LogP contribution in [0.2, 0.25) is 0 Å². The Morgan fingerprint density at radius 1 is 1.42 bits per heavy atom. The van der Waals surface area contributed by atoms with Crippen molar-refractivity contribution >= 4 is 5.69 Å². The Morgan fingerprint density at radius 2 is 2.16 bits per heavy atom. The smallest absolute Gasteiger partial charge is 0.270 e. The Kier molecular flexibility index (Phi) is 3.57. The summed E-state index contributed by atoms with van der Waals surface area (Å²) < 4.78 is 1.54. The summed E-state index contributed by atoms with van der Waals surface area (Å²) in [6.45, 7) is 3.48. The van der Waals surface area contributed by atoms with E-state index < -0.39 is 11.0 Å². The molecule has 2 aromatic rings. The van der Waals surface area contributed by atoms with E-state index in [1.807, 2.05) is 6.92 Å². The Bertz CT molecular complexity index is 594. The second kappa shape index (κ2) is 5.15. The zero-order chi connectivity index (χ0) is 14.0. The van der Waals surface area contributed by atoms with E-state index in [9.17, 15) is 15.2 Å². The largest absolute Gasteiger partial charge is 0.391 e. The number of nitro benzene ring substituents is 1. The maximum Gasteiger partial charge on any atom is 0.270 e. The number of benzene rings is 1. The van der Waals surface area contributed by atoms with Crippen molar-refractivity contribution in [3.8, 4) is 11.4 Å². The SMILES string of the molecule is CC(O)C(C)n1cnc(-c2cccc([N+](=O)[O-])c2)n1. The molecule has 0 saturated heterocycles. The van der Waals surface area contributed by atoms with Gasteiger partial charge in [0.2, 0.25) is 0 Å². The number of nitro groups is 1. The van der Waals surface area contributed by atoms with Crippen LogP contribution in [-0.2, 0) is 0 Å². The van der Waals surface area contributed by atoms with E-state index in [1.54, 1.807) is 23.7 Å². The van der Waals surface area contributed by atoms with Crippen LogP contribution in [0.1, 0.15) is 19.9 Å². The van der Waals surface area contributed by atoms with Crippen molar-refractivity contribution in [2.24, 2.45) is 0 Å². The normalized spacial score (nSPS) is 14.1. The summed E-state index contributed by atoms with van der Waals surface area (Å²) in [6.07, 6.45) is 0.950. The molecule has 1 N–H and O–H groups in total. The molecule has 1 aromatic carbocycles. The third kappa shape index (κ3) is 2.76. The Hall–Kier alpha value is -2.28. The molecule has 100 valence electrons. The van der Waals surface area contributed by atoms with Crippen molar-refractivity contribution in [2.45, 2.75) is 26.0 Å². The Labute approximate surface area is 109 Å². The second-order valence-corrected chi connectivity index (χ2v) is 4.34. The van der Waals surface area contributed by atoms with Gasteiger partial charge in [-0.1, -0.05) is 12.1 Å². The summed E-state index contributed by atoms with van der Waals surface area (Å²) in [5.41, 5.74) is 0.572. The quantitative estimate of drug-likeness (QED) is 0.669. The monoisotopic (exact) mass is 262 g/mol. The van der Waals surface area contributed by atoms with E-state index in [0.29, 0.717) is 11.4 Å². The molecule has 0 aliphatic carbocycles. The summed E-state index contributed by atoms with van der Waals surface area (Å²) in [5.74, 6) is 0.399. The first kappa shape index (κ1) is 13.2. The van der Waals surface area contributed by atoms with E-state index in [1.165, 1.54) is 18.5 Å². The van der Waals surface area contributed by atoms with Crippen LogP contribution in [0.15, 0.2) is 30.6 Å². The van der Waals surface area contributed by atoms with Gasteiger partial charge in [0, 0.05) is 17.7 Å². The van der Waals surface area contributed by atoms with Gasteiger partial charge in [0.25, 0.3) is 5.69 Å². The van der Waals surface area contributed by atoms with Gasteiger partial charge in [0.05, 0.1) is 17.1 Å². The number of non-ortho nitro benzene ring substituents is 1. The standard InChI is InChI=1S/C12H14N4O3/c1-8(9(2)17)15-7-13-12(14-15)10-4-3-5-11(6-10)16(18)19/h3-9,17H,1-2H3. The molecule has 0 amide bonds. The molecule has 7 nitrogen and oxygen atoms in total. The van der Waals surface area contributed by atoms with E-state index in [2.05, 4.69) is 10.1 Å². The van der Waals surface area contributed by atoms with Gasteiger partial charge in [-0.25, -0.2) is 9.67 Å². The first-order valence-corrected chi connectivity index (χ1v) is 5.83. The number of rotatable bonds is 4. The van der Waals surface area contributed by atoms with Crippen LogP contribution in [0.3, 0.4) is 0 Å². The average Bonchev–Trinajstić information content (AvgIpc) is 2.87. The van der Waals surface area contributed by atoms with Crippen LogP contribution in [-0.4, -0.2) is 30.9 Å². The van der Waals surface area contributed by atoms with Gasteiger partial charge in [0.15, 0.2) is 5.82 Å². The summed E-state index contributed by atoms with van der Waals surface area (Å²) >= 11 is 0. The lowest BCUT2D eigenvalue weighted by atomic mass is 10.2. The molecule has 0 spiro atoms. The van der Waals surface area contributed by atoms with Crippen molar-refractivity contribution in [1.29, 1.82) is 0 Å². The van der Waals surface area contributed by atoms with E-state index in [4.69, 9.17) is 0 Å². The fraction of sp³-hybridized carbons (Fsp3) is 0.333. The van der Waals surface area contributed by atoms with E-state index in [-0.39, 0.29) is 11.7 Å². The number of aliphatic hydroxyl groups excluding tert-OH is 1. The summed E-state index contributed by atoms with van der Waals surface area (Å²) in [5, 5.41) is 24.4. The molecule has 2 unspecified atom stereocenters. The summed E-state index contributed by atoms with van der Waals surface area (Å²) in [6, 6.07) is 5.93. The van der Waals surface area contributed by atoms with Gasteiger partial charge < -0.3 is 5.11 Å². The minimum atomic E-state index is -0.556. The molecule has 0 bridgehead atoms. The lowest BCUT2D eigenvalue weighted by molar-refractivity contribution is -0.384. The molecule has 1 aromatic heterocycles. The zero-order valence-electron chi connectivity index (χ0n) is 10.6. The second-order valence-electron chi connectivity index (χ2n) is 4.34. The third-order valence-electron chi connectivity index (χ3n) is 2.94. The first-order valence-electron chi connectivity index (χ1n) is 5.83. The average molecular weight is 262 g/mol. The molecule has 0 radical (unpaired) electrons. The summed E-state index contributed by atoms with van der Waals surface area (Å²) in [7, 11) is 0. The molecule has 0 aliphatic rings. The van der Waals surface area contributed by atoms with Crippen molar-refractivity contribution in [3.05, 3.63) is 40.7 Å². The highest BCUT2D eigenvalue weighted by Crippen LogP contribution is 2.21. The van der Waals surface area contributed by atoms with Crippen LogP contribution in [0.5, 0.6) is 0 Å². The van der Waals surface area contributed by atoms with Gasteiger partial charge in [-0.15, -0.1) is 0 Å². The van der Waals surface area contributed by atoms with E-state index in [0.717, 1.165) is 0 Å². The fourth-order valence-electron chi connectivity index (χ4n) is 1.58. The number of hydrogen-bond acceptors (Lipinski definition) is 5. The molecule has 1 heterocycles. The van der Waals surface area contributed by atoms with Crippen LogP contribution >= 0.6 is 0 Å². The highest BCUT2D eigenvalue weighted by atomic mass is 16.6. The molecule has 0 aliphatic heterocycles. The van der Waals surface area contributed by atoms with Gasteiger partial charge >= 0.3 is 0 Å². The Balaban J connectivity index is 2.33. The molecular weight excluding hydrogens is 248 g/mol. The molecule has 0 fully saturated rings. The zero-order valence-corrected chi connectivity index (χ0v) is 10.6. The predicted molar refractivity (Wildman–Crippen MR) is 68.5 cm³/mol. The topological polar surface area (TPSA) is 94.1 Å². The van der Waals surface area contributed by atoms with E-state index >= 15 is 0 Å². The van der Waals surface area contributed by atoms with Crippen LogP contribution < -0.4 is 0 Å². The van der Waals surface area contributed by atoms with Crippen molar-refractivity contribution < 1.29 is 10.0 Å². The van der Waals surface area contributed by atoms with Gasteiger partial charge in [-0.05, 0) is 13.8 Å². The fourth-order valence-corrected chi connectivity index (χ4v) is 1.58. The third-order valence-corrected chi connectivity index (χ3v) is 2.94. The maximum absolute atomic E-state index is 10.7. The minimum Gasteiger partial charge on any atom is -0.391 e. The van der Waals surface area contributed by atoms with Crippen molar-refractivity contribution in [3.63, 3.8) is 0 Å². The van der Waals surface area contributed by atoms with Gasteiger partial charge in [-0.3, -0.25) is 10.1 Å². The lowest BCUT2D eigenvalue weighted by Gasteiger charge is -2.13. The summed E-state index contributed by atoms with van der Waals surface area (Å²) in [4.78, 5) is 14.4. The van der Waals surface area contributed by atoms with Crippen molar-refractivity contribution in [2.75, 3.05) is 0 Å². The maximum atomic E-state index is 10.7. The van der Waals surface area contributed by atoms with Crippen molar-refractivity contribution in [1.82, 2.24) is 14.8 Å². The first-order chi connectivity index (χ1) is 8.99. The number of aromatic nitrogens is 3. The van der Waals surface area contributed by atoms with Gasteiger partial charge in [0.1, 0.15) is 6.33 Å². The molecule has 0 saturated carbocycles. The highest BCUT2D eigenvalue weighted by molar-refractivity contribution is 5.58. The predicted octanol–water partition coefficient (Wildman–Crippen LogP) is 1.80. The van der Waals surface area contributed by atoms with Crippen LogP contribution in [0, 0.1) is 10.1 Å². The van der Waals surface area contributed by atoms with Crippen LogP contribution in [0.4, 0.5) is 5.69 Å². The minimum absolute atomic E-state index is 0.00238. The lowest BCUT2D eigenvalue weighted by Crippen LogP contribution is -2.18. The Morgan fingerprint density at radius 3 is 2.79 bits per heavy atom. The number of hydrogen-bond donors (Lipinski definition) is 1. The number of aliphatic hydroxyl groups is 1. The molecule has 2 atom stereocenters. The number of nitrogens with zero attached hydrogens (tertiary/aromatic N) is 4. The molecule has 2 rings (SSSR count). The van der Waals surface area contributed by atoms with Gasteiger partial charge in [-0.2, -0.15) is 5.10 Å². The molecular formula is C12H14N4O3. The molecule has 7 heteroatoms. The van der Waals surface area contributed by atoms with Crippen LogP contribution in [0.25, 0.3) is 11.4 Å². The highest BCUT2D eigenvalue weighted by Gasteiger charge is 2.15.